The quantitative estimate of drug-likeness (QED) is 0.570. The van der Waals surface area contributed by atoms with E-state index >= 15 is 0 Å². The Hall–Kier alpha value is -2.74. The highest BCUT2D eigenvalue weighted by molar-refractivity contribution is 8.00. The number of aryl methyl sites for hydroxylation is 2. The number of carbonyl (C=O) groups excluding carboxylic acids is 1. The van der Waals surface area contributed by atoms with E-state index in [1.807, 2.05) is 19.9 Å². The molecule has 1 atom stereocenters. The molecule has 0 aliphatic rings. The van der Waals surface area contributed by atoms with Crippen LogP contribution in [0.5, 0.6) is 0 Å². The Kier molecular flexibility index (Phi) is 4.80. The zero-order valence-corrected chi connectivity index (χ0v) is 14.9. The molecule has 1 N–H and O–H groups in total. The second-order valence-electron chi connectivity index (χ2n) is 5.59. The predicted octanol–water partition coefficient (Wildman–Crippen LogP) is 2.22. The van der Waals surface area contributed by atoms with E-state index in [-0.39, 0.29) is 17.2 Å². The van der Waals surface area contributed by atoms with E-state index in [1.54, 1.807) is 31.3 Å². The minimum atomic E-state index is -0.461. The topological polar surface area (TPSA) is 89.3 Å². The maximum absolute atomic E-state index is 12.4. The minimum absolute atomic E-state index is 0.141. The number of nitrogens with zero attached hydrogens (tertiary/aromatic N) is 4. The first-order chi connectivity index (χ1) is 11.9. The summed E-state index contributed by atoms with van der Waals surface area (Å²) in [7, 11) is 0. The van der Waals surface area contributed by atoms with Gasteiger partial charge in [0.15, 0.2) is 5.16 Å². The molecule has 0 fully saturated rings. The van der Waals surface area contributed by atoms with Gasteiger partial charge in [0.25, 0.3) is 5.56 Å². The average Bonchev–Trinajstić information content (AvgIpc) is 2.56. The molecule has 0 saturated carbocycles. The van der Waals surface area contributed by atoms with Crippen LogP contribution in [0.1, 0.15) is 18.3 Å². The molecule has 128 valence electrons. The molecule has 1 amide bonds. The van der Waals surface area contributed by atoms with Gasteiger partial charge in [-0.3, -0.25) is 14.0 Å². The van der Waals surface area contributed by atoms with Gasteiger partial charge < -0.3 is 5.32 Å². The molecular formula is C17H17N5O2S. The fourth-order valence-corrected chi connectivity index (χ4v) is 3.18. The molecule has 0 aliphatic heterocycles. The largest absolute Gasteiger partial charge is 0.319 e. The lowest BCUT2D eigenvalue weighted by Gasteiger charge is -2.11. The number of anilines is 1. The lowest BCUT2D eigenvalue weighted by atomic mass is 10.4. The third-order valence-corrected chi connectivity index (χ3v) is 4.45. The summed E-state index contributed by atoms with van der Waals surface area (Å²) in [6.07, 6.45) is 2.99. The molecule has 0 bridgehead atoms. The van der Waals surface area contributed by atoms with Crippen LogP contribution in [0.2, 0.25) is 0 Å². The predicted molar refractivity (Wildman–Crippen MR) is 96.9 cm³/mol. The molecule has 25 heavy (non-hydrogen) atoms. The van der Waals surface area contributed by atoms with Crippen LogP contribution in [0.4, 0.5) is 5.69 Å². The van der Waals surface area contributed by atoms with Crippen LogP contribution < -0.4 is 10.9 Å². The van der Waals surface area contributed by atoms with Gasteiger partial charge in [-0.15, -0.1) is 0 Å². The highest BCUT2D eigenvalue weighted by Gasteiger charge is 2.18. The van der Waals surface area contributed by atoms with E-state index in [1.165, 1.54) is 22.4 Å². The van der Waals surface area contributed by atoms with E-state index in [9.17, 15) is 9.59 Å². The Morgan fingerprint density at radius 2 is 1.96 bits per heavy atom. The van der Waals surface area contributed by atoms with E-state index < -0.39 is 5.25 Å². The molecule has 3 aromatic rings. The number of pyridine rings is 1. The van der Waals surface area contributed by atoms with E-state index in [2.05, 4.69) is 20.3 Å². The third-order valence-electron chi connectivity index (χ3n) is 3.48. The van der Waals surface area contributed by atoms with Gasteiger partial charge in [-0.1, -0.05) is 17.8 Å². The number of carbonyl (C=O) groups is 1. The fraction of sp³-hybridized carbons (Fsp3) is 0.235. The summed E-state index contributed by atoms with van der Waals surface area (Å²) in [6.45, 7) is 5.50. The van der Waals surface area contributed by atoms with Crippen molar-refractivity contribution in [2.24, 2.45) is 0 Å². The summed E-state index contributed by atoms with van der Waals surface area (Å²) >= 11 is 1.25. The first-order valence-corrected chi connectivity index (χ1v) is 8.58. The van der Waals surface area contributed by atoms with Gasteiger partial charge in [-0.2, -0.15) is 0 Å². The summed E-state index contributed by atoms with van der Waals surface area (Å²) in [5.41, 5.74) is 2.04. The van der Waals surface area contributed by atoms with Crippen molar-refractivity contribution in [3.63, 3.8) is 0 Å². The highest BCUT2D eigenvalue weighted by Crippen LogP contribution is 2.21. The van der Waals surface area contributed by atoms with Crippen LogP contribution in [0, 0.1) is 13.8 Å². The zero-order valence-electron chi connectivity index (χ0n) is 14.1. The Balaban J connectivity index is 1.77. The first kappa shape index (κ1) is 17.1. The number of fused-ring (bicyclic) bond motifs is 1. The standard InChI is InChI=1S/C17H17N5O2S/c1-10-8-11(2)20-17(19-10)25-12(3)15(23)21-13-9-18-14-6-4-5-7-22(14)16(13)24/h4-9,12H,1-3H3,(H,21,23). The summed E-state index contributed by atoms with van der Waals surface area (Å²) in [5.74, 6) is -0.303. The molecule has 3 aromatic heterocycles. The lowest BCUT2D eigenvalue weighted by Crippen LogP contribution is -2.28. The Morgan fingerprint density at radius 3 is 2.68 bits per heavy atom. The van der Waals surface area contributed by atoms with Crippen LogP contribution in [0.15, 0.2) is 46.6 Å². The summed E-state index contributed by atoms with van der Waals surface area (Å²) in [4.78, 5) is 37.6. The number of nitrogens with one attached hydrogen (secondary N) is 1. The highest BCUT2D eigenvalue weighted by atomic mass is 32.2. The molecule has 8 heteroatoms. The van der Waals surface area contributed by atoms with Crippen LogP contribution in [-0.4, -0.2) is 30.5 Å². The molecule has 0 spiro atoms. The van der Waals surface area contributed by atoms with Gasteiger partial charge in [-0.25, -0.2) is 15.0 Å². The van der Waals surface area contributed by atoms with Gasteiger partial charge in [0.05, 0.1) is 11.4 Å². The normalized spacial score (nSPS) is 12.1. The van der Waals surface area contributed by atoms with Crippen LogP contribution in [0.3, 0.4) is 0 Å². The number of hydrogen-bond donors (Lipinski definition) is 1. The molecule has 7 nitrogen and oxygen atoms in total. The monoisotopic (exact) mass is 355 g/mol. The third kappa shape index (κ3) is 3.85. The molecule has 3 heterocycles. The van der Waals surface area contributed by atoms with Crippen molar-refractivity contribution >= 4 is 29.0 Å². The first-order valence-electron chi connectivity index (χ1n) is 7.70. The Morgan fingerprint density at radius 1 is 1.24 bits per heavy atom. The fourth-order valence-electron chi connectivity index (χ4n) is 2.30. The number of aromatic nitrogens is 4. The van der Waals surface area contributed by atoms with Gasteiger partial charge in [0, 0.05) is 17.6 Å². The van der Waals surface area contributed by atoms with E-state index in [4.69, 9.17) is 0 Å². The molecular weight excluding hydrogens is 338 g/mol. The lowest BCUT2D eigenvalue weighted by molar-refractivity contribution is -0.115. The SMILES string of the molecule is Cc1cc(C)nc(SC(C)C(=O)Nc2cnc3ccccn3c2=O)n1. The van der Waals surface area contributed by atoms with Gasteiger partial charge in [0.1, 0.15) is 11.3 Å². The number of rotatable bonds is 4. The molecule has 3 rings (SSSR count). The minimum Gasteiger partial charge on any atom is -0.319 e. The van der Waals surface area contributed by atoms with Crippen LogP contribution >= 0.6 is 11.8 Å². The molecule has 0 aromatic carbocycles. The smallest absolute Gasteiger partial charge is 0.281 e. The van der Waals surface area contributed by atoms with Crippen molar-refractivity contribution in [2.75, 3.05) is 5.32 Å². The van der Waals surface area contributed by atoms with Crippen molar-refractivity contribution in [1.29, 1.82) is 0 Å². The van der Waals surface area contributed by atoms with E-state index in [0.29, 0.717) is 10.8 Å². The zero-order chi connectivity index (χ0) is 18.0. The molecule has 0 aliphatic carbocycles. The van der Waals surface area contributed by atoms with Crippen molar-refractivity contribution in [3.05, 3.63) is 58.4 Å². The second-order valence-corrected chi connectivity index (χ2v) is 6.90. The number of thioether (sulfide) groups is 1. The van der Waals surface area contributed by atoms with E-state index in [0.717, 1.165) is 11.4 Å². The maximum atomic E-state index is 12.4. The number of hydrogen-bond acceptors (Lipinski definition) is 6. The van der Waals surface area contributed by atoms with Gasteiger partial charge >= 0.3 is 0 Å². The van der Waals surface area contributed by atoms with Crippen molar-refractivity contribution in [2.45, 2.75) is 31.2 Å². The van der Waals surface area contributed by atoms with Gasteiger partial charge in [-0.05, 0) is 39.0 Å². The summed E-state index contributed by atoms with van der Waals surface area (Å²) < 4.78 is 1.39. The number of amides is 1. The molecule has 0 radical (unpaired) electrons. The van der Waals surface area contributed by atoms with Crippen molar-refractivity contribution < 1.29 is 4.79 Å². The summed E-state index contributed by atoms with van der Waals surface area (Å²) in [5, 5.41) is 2.72. The summed E-state index contributed by atoms with van der Waals surface area (Å²) in [6, 6.07) is 7.12. The molecule has 1 unspecified atom stereocenters. The average molecular weight is 355 g/mol. The molecule has 0 saturated heterocycles. The Bertz CT molecular complexity index is 981. The van der Waals surface area contributed by atoms with Gasteiger partial charge in [0.2, 0.25) is 5.91 Å². The second kappa shape index (κ2) is 7.02. The van der Waals surface area contributed by atoms with Crippen molar-refractivity contribution in [1.82, 2.24) is 19.4 Å². The van der Waals surface area contributed by atoms with Crippen LogP contribution in [-0.2, 0) is 4.79 Å². The Labute approximate surface area is 148 Å². The van der Waals surface area contributed by atoms with Crippen LogP contribution in [0.25, 0.3) is 5.65 Å². The van der Waals surface area contributed by atoms with Crippen molar-refractivity contribution in [3.8, 4) is 0 Å². The maximum Gasteiger partial charge on any atom is 0.281 e.